The Labute approximate surface area is 145 Å². The van der Waals surface area contributed by atoms with Crippen LogP contribution < -0.4 is 9.47 Å². The number of methoxy groups -OCH3 is 2. The number of benzene rings is 2. The van der Waals surface area contributed by atoms with Crippen molar-refractivity contribution in [2.45, 2.75) is 0 Å². The number of hydrogen-bond donors (Lipinski definition) is 0. The molecule has 0 spiro atoms. The van der Waals surface area contributed by atoms with Gasteiger partial charge < -0.3 is 27.5 Å². The molecule has 9 heteroatoms. The van der Waals surface area contributed by atoms with E-state index in [1.165, 1.54) is 20.3 Å². The SMILES string of the molecule is COc1cc(Br)c(C2=[N+](c3ccccc3)O[B-](F)(F)O2)cc1OC. The summed E-state index contributed by atoms with van der Waals surface area (Å²) in [5.74, 6) is 0.692. The van der Waals surface area contributed by atoms with Crippen LogP contribution >= 0.6 is 15.9 Å². The zero-order chi connectivity index (χ0) is 17.3. The van der Waals surface area contributed by atoms with Crippen molar-refractivity contribution in [2.24, 2.45) is 0 Å². The lowest BCUT2D eigenvalue weighted by atomic mass is 10.1. The maximum Gasteiger partial charge on any atom is 0.782 e. The van der Waals surface area contributed by atoms with E-state index in [9.17, 15) is 8.63 Å². The first-order valence-electron chi connectivity index (χ1n) is 6.97. The van der Waals surface area contributed by atoms with Crippen molar-refractivity contribution >= 4 is 34.6 Å². The molecule has 0 radical (unpaired) electrons. The highest BCUT2D eigenvalue weighted by molar-refractivity contribution is 9.10. The zero-order valence-electron chi connectivity index (χ0n) is 12.8. The van der Waals surface area contributed by atoms with Crippen LogP contribution in [0.4, 0.5) is 14.3 Å². The molecule has 0 unspecified atom stereocenters. The summed E-state index contributed by atoms with van der Waals surface area (Å²) in [7, 11) is -1.52. The summed E-state index contributed by atoms with van der Waals surface area (Å²) >= 11 is 3.34. The lowest BCUT2D eigenvalue weighted by molar-refractivity contribution is -0.688. The molecular formula is C15H13BBrF2NO4. The van der Waals surface area contributed by atoms with Gasteiger partial charge in [0, 0.05) is 27.4 Å². The molecule has 2 aromatic rings. The molecule has 0 aliphatic carbocycles. The first kappa shape index (κ1) is 16.6. The van der Waals surface area contributed by atoms with Crippen molar-refractivity contribution < 1.29 is 32.3 Å². The van der Waals surface area contributed by atoms with Crippen LogP contribution in [0.1, 0.15) is 5.56 Å². The molecule has 126 valence electrons. The summed E-state index contributed by atoms with van der Waals surface area (Å²) < 4.78 is 48.9. The van der Waals surface area contributed by atoms with E-state index in [2.05, 4.69) is 15.9 Å². The molecule has 24 heavy (non-hydrogen) atoms. The normalized spacial score (nSPS) is 15.7. The van der Waals surface area contributed by atoms with Gasteiger partial charge in [0.15, 0.2) is 11.5 Å². The van der Waals surface area contributed by atoms with Gasteiger partial charge in [0.2, 0.25) is 0 Å². The lowest BCUT2D eigenvalue weighted by Gasteiger charge is -2.12. The number of nitrogens with zero attached hydrogens (tertiary/aromatic N) is 1. The van der Waals surface area contributed by atoms with E-state index in [4.69, 9.17) is 18.9 Å². The van der Waals surface area contributed by atoms with E-state index in [0.717, 1.165) is 4.74 Å². The number of ether oxygens (including phenoxy) is 2. The predicted molar refractivity (Wildman–Crippen MR) is 87.9 cm³/mol. The number of hydrogen-bond acceptors (Lipinski definition) is 4. The fourth-order valence-corrected chi connectivity index (χ4v) is 2.79. The van der Waals surface area contributed by atoms with Crippen LogP contribution in [0, 0.1) is 0 Å². The van der Waals surface area contributed by atoms with Gasteiger partial charge in [0.1, 0.15) is 5.56 Å². The van der Waals surface area contributed by atoms with Crippen molar-refractivity contribution in [1.82, 2.24) is 0 Å². The number of para-hydroxylation sites is 1. The Hall–Kier alpha value is -2.29. The monoisotopic (exact) mass is 399 g/mol. The Bertz CT molecular complexity index is 802. The third kappa shape index (κ3) is 3.03. The molecule has 2 aromatic carbocycles. The first-order valence-corrected chi connectivity index (χ1v) is 7.76. The summed E-state index contributed by atoms with van der Waals surface area (Å²) in [5, 5.41) is 0. The molecule has 0 saturated carbocycles. The Morgan fingerprint density at radius 3 is 2.29 bits per heavy atom. The Morgan fingerprint density at radius 1 is 1.04 bits per heavy atom. The van der Waals surface area contributed by atoms with Crippen LogP contribution in [0.5, 0.6) is 11.5 Å². The van der Waals surface area contributed by atoms with Crippen LogP contribution in [0.2, 0.25) is 0 Å². The molecule has 0 fully saturated rings. The number of rotatable bonds is 4. The third-order valence-corrected chi connectivity index (χ3v) is 4.01. The minimum absolute atomic E-state index is 0.140. The molecule has 1 aliphatic rings. The van der Waals surface area contributed by atoms with Crippen LogP contribution in [-0.2, 0) is 9.41 Å². The Kier molecular flexibility index (Phi) is 4.36. The molecule has 1 aliphatic heterocycles. The molecular weight excluding hydrogens is 387 g/mol. The molecule has 0 atom stereocenters. The third-order valence-electron chi connectivity index (χ3n) is 3.36. The molecule has 5 nitrogen and oxygen atoms in total. The maximum absolute atomic E-state index is 13.8. The van der Waals surface area contributed by atoms with Gasteiger partial charge in [-0.2, -0.15) is 0 Å². The van der Waals surface area contributed by atoms with Gasteiger partial charge in [0.25, 0.3) is 5.69 Å². The summed E-state index contributed by atoms with van der Waals surface area (Å²) in [4.78, 5) is 0. The van der Waals surface area contributed by atoms with Gasteiger partial charge in [-0.3, -0.25) is 0 Å². The highest BCUT2D eigenvalue weighted by atomic mass is 79.9. The summed E-state index contributed by atoms with van der Waals surface area (Å²) in [5.41, 5.74) is 0.754. The predicted octanol–water partition coefficient (Wildman–Crippen LogP) is 3.89. The van der Waals surface area contributed by atoms with Crippen LogP contribution in [0.3, 0.4) is 0 Å². The Morgan fingerprint density at radius 2 is 1.67 bits per heavy atom. The van der Waals surface area contributed by atoms with E-state index >= 15 is 0 Å². The fourth-order valence-electron chi connectivity index (χ4n) is 2.30. The van der Waals surface area contributed by atoms with Gasteiger partial charge in [-0.1, -0.05) is 18.2 Å². The lowest BCUT2D eigenvalue weighted by Crippen LogP contribution is -2.27. The highest BCUT2D eigenvalue weighted by Gasteiger charge is 2.51. The minimum Gasteiger partial charge on any atom is -0.572 e. The van der Waals surface area contributed by atoms with Crippen LogP contribution in [-0.4, -0.2) is 32.0 Å². The Balaban J connectivity index is 2.18. The quantitative estimate of drug-likeness (QED) is 0.577. The molecule has 1 heterocycles. The second kappa shape index (κ2) is 6.31. The molecule has 0 saturated heterocycles. The summed E-state index contributed by atoms with van der Waals surface area (Å²) in [6, 6.07) is 11.6. The van der Waals surface area contributed by atoms with E-state index in [1.54, 1.807) is 36.4 Å². The largest absolute Gasteiger partial charge is 0.782 e. The first-order chi connectivity index (χ1) is 11.4. The van der Waals surface area contributed by atoms with Gasteiger partial charge in [-0.05, 0) is 22.0 Å². The van der Waals surface area contributed by atoms with E-state index in [1.807, 2.05) is 0 Å². The average Bonchev–Trinajstić information content (AvgIpc) is 2.90. The standard InChI is InChI=1S/C15H13BBrF2NO4/c1-21-13-8-11(12(17)9-14(13)22-2)15-20(24-16(18,19)23-15)10-6-4-3-5-7-10/h3-9H,1-2H3. The van der Waals surface area contributed by atoms with Crippen molar-refractivity contribution in [3.8, 4) is 11.5 Å². The van der Waals surface area contributed by atoms with E-state index < -0.39 is 7.11 Å². The van der Waals surface area contributed by atoms with E-state index in [0.29, 0.717) is 27.2 Å². The fraction of sp³-hybridized carbons (Fsp3) is 0.133. The molecule has 0 aromatic heterocycles. The minimum atomic E-state index is -4.47. The van der Waals surface area contributed by atoms with Gasteiger partial charge >= 0.3 is 13.0 Å². The van der Waals surface area contributed by atoms with Crippen molar-refractivity contribution in [2.75, 3.05) is 14.2 Å². The molecule has 0 amide bonds. The summed E-state index contributed by atoms with van der Waals surface area (Å²) in [6.45, 7) is 0. The summed E-state index contributed by atoms with van der Waals surface area (Å²) in [6.07, 6.45) is 0. The topological polar surface area (TPSA) is 39.9 Å². The number of halogens is 3. The van der Waals surface area contributed by atoms with Crippen LogP contribution in [0.25, 0.3) is 0 Å². The van der Waals surface area contributed by atoms with Gasteiger partial charge in [-0.25, -0.2) is 0 Å². The van der Waals surface area contributed by atoms with E-state index in [-0.39, 0.29) is 5.90 Å². The second-order valence-corrected chi connectivity index (χ2v) is 5.73. The van der Waals surface area contributed by atoms with Crippen molar-refractivity contribution in [3.05, 3.63) is 52.5 Å². The van der Waals surface area contributed by atoms with Crippen molar-refractivity contribution in [3.63, 3.8) is 0 Å². The van der Waals surface area contributed by atoms with Gasteiger partial charge in [-0.15, -0.1) is 0 Å². The smallest absolute Gasteiger partial charge is 0.572 e. The second-order valence-electron chi connectivity index (χ2n) is 4.88. The van der Waals surface area contributed by atoms with Gasteiger partial charge in [0.05, 0.1) is 14.2 Å². The molecule has 3 rings (SSSR count). The average molecular weight is 400 g/mol. The molecule has 0 N–H and O–H groups in total. The zero-order valence-corrected chi connectivity index (χ0v) is 14.4. The van der Waals surface area contributed by atoms with Crippen molar-refractivity contribution in [1.29, 1.82) is 0 Å². The van der Waals surface area contributed by atoms with Crippen LogP contribution in [0.15, 0.2) is 46.9 Å². The maximum atomic E-state index is 13.8. The highest BCUT2D eigenvalue weighted by Crippen LogP contribution is 2.36. The molecule has 0 bridgehead atoms.